The molecule has 1 saturated heterocycles. The van der Waals surface area contributed by atoms with Crippen molar-refractivity contribution < 1.29 is 0 Å². The van der Waals surface area contributed by atoms with E-state index in [1.807, 2.05) is 0 Å². The summed E-state index contributed by atoms with van der Waals surface area (Å²) in [6.45, 7) is 4.23. The first-order chi connectivity index (χ1) is 9.24. The van der Waals surface area contributed by atoms with E-state index in [4.69, 9.17) is 10.7 Å². The van der Waals surface area contributed by atoms with E-state index in [0.29, 0.717) is 12.1 Å². The largest absolute Gasteiger partial charge is 0.342 e. The van der Waals surface area contributed by atoms with Gasteiger partial charge in [-0.05, 0) is 32.6 Å². The molecule has 4 nitrogen and oxygen atoms in total. The Morgan fingerprint density at radius 3 is 2.47 bits per heavy atom. The molecule has 0 spiro atoms. The SMILES string of the molecule is Cc1cn(C2CCCCC2)c(N2CCC(N)CC2)n1. The van der Waals surface area contributed by atoms with Gasteiger partial charge in [0.1, 0.15) is 0 Å². The minimum atomic E-state index is 0.385. The molecular formula is C15H26N4. The molecule has 0 unspecified atom stereocenters. The first-order valence-electron chi connectivity index (χ1n) is 7.80. The first-order valence-corrected chi connectivity index (χ1v) is 7.80. The van der Waals surface area contributed by atoms with Crippen molar-refractivity contribution in [2.75, 3.05) is 18.0 Å². The summed E-state index contributed by atoms with van der Waals surface area (Å²) in [5.74, 6) is 1.19. The maximum Gasteiger partial charge on any atom is 0.205 e. The highest BCUT2D eigenvalue weighted by atomic mass is 15.3. The Hall–Kier alpha value is -1.03. The molecular weight excluding hydrogens is 236 g/mol. The molecule has 1 aromatic rings. The molecule has 1 aliphatic heterocycles. The number of anilines is 1. The monoisotopic (exact) mass is 262 g/mol. The number of nitrogens with two attached hydrogens (primary N) is 1. The summed E-state index contributed by atoms with van der Waals surface area (Å²) in [4.78, 5) is 7.22. The molecule has 4 heteroatoms. The molecule has 0 bridgehead atoms. The van der Waals surface area contributed by atoms with Crippen molar-refractivity contribution in [3.63, 3.8) is 0 Å². The van der Waals surface area contributed by atoms with Crippen LogP contribution in [0.3, 0.4) is 0 Å². The van der Waals surface area contributed by atoms with Crippen LogP contribution in [-0.4, -0.2) is 28.7 Å². The number of aromatic nitrogens is 2. The Labute approximate surface area is 116 Å². The summed E-state index contributed by atoms with van der Waals surface area (Å²) in [6, 6.07) is 1.05. The van der Waals surface area contributed by atoms with Gasteiger partial charge in [0.2, 0.25) is 5.95 Å². The fourth-order valence-electron chi connectivity index (χ4n) is 3.46. The highest BCUT2D eigenvalue weighted by molar-refractivity contribution is 5.35. The van der Waals surface area contributed by atoms with Crippen molar-refractivity contribution in [1.82, 2.24) is 9.55 Å². The molecule has 106 valence electrons. The number of rotatable bonds is 2. The summed E-state index contributed by atoms with van der Waals surface area (Å²) in [6.07, 6.45) is 11.2. The van der Waals surface area contributed by atoms with Gasteiger partial charge in [-0.3, -0.25) is 0 Å². The zero-order chi connectivity index (χ0) is 13.2. The van der Waals surface area contributed by atoms with Gasteiger partial charge in [0.25, 0.3) is 0 Å². The molecule has 1 saturated carbocycles. The zero-order valence-corrected chi connectivity index (χ0v) is 12.0. The van der Waals surface area contributed by atoms with E-state index in [2.05, 4.69) is 22.6 Å². The highest BCUT2D eigenvalue weighted by Gasteiger charge is 2.24. The molecule has 3 rings (SSSR count). The molecule has 2 N–H and O–H groups in total. The third-order valence-electron chi connectivity index (χ3n) is 4.62. The summed E-state index contributed by atoms with van der Waals surface area (Å²) in [5, 5.41) is 0. The van der Waals surface area contributed by atoms with E-state index >= 15 is 0 Å². The second kappa shape index (κ2) is 5.53. The average Bonchev–Trinajstić information content (AvgIpc) is 2.83. The van der Waals surface area contributed by atoms with Crippen LogP contribution in [0, 0.1) is 6.92 Å². The van der Waals surface area contributed by atoms with E-state index in [9.17, 15) is 0 Å². The van der Waals surface area contributed by atoms with Crippen molar-refractivity contribution >= 4 is 5.95 Å². The molecule has 1 aromatic heterocycles. The van der Waals surface area contributed by atoms with Crippen LogP contribution in [0.4, 0.5) is 5.95 Å². The second-order valence-corrected chi connectivity index (χ2v) is 6.21. The fraction of sp³-hybridized carbons (Fsp3) is 0.800. The smallest absolute Gasteiger partial charge is 0.205 e. The van der Waals surface area contributed by atoms with Crippen LogP contribution < -0.4 is 10.6 Å². The van der Waals surface area contributed by atoms with E-state index in [1.165, 1.54) is 38.1 Å². The van der Waals surface area contributed by atoms with Gasteiger partial charge in [0.15, 0.2) is 0 Å². The minimum Gasteiger partial charge on any atom is -0.342 e. The van der Waals surface area contributed by atoms with E-state index in [1.54, 1.807) is 0 Å². The molecule has 0 atom stereocenters. The van der Waals surface area contributed by atoms with Crippen molar-refractivity contribution in [2.45, 2.75) is 64.0 Å². The van der Waals surface area contributed by atoms with Gasteiger partial charge in [-0.1, -0.05) is 19.3 Å². The number of piperidine rings is 1. The number of hydrogen-bond acceptors (Lipinski definition) is 3. The van der Waals surface area contributed by atoms with Gasteiger partial charge < -0.3 is 15.2 Å². The Kier molecular flexibility index (Phi) is 3.78. The number of nitrogens with zero attached hydrogens (tertiary/aromatic N) is 3. The van der Waals surface area contributed by atoms with Crippen molar-refractivity contribution in [1.29, 1.82) is 0 Å². The van der Waals surface area contributed by atoms with Crippen LogP contribution >= 0.6 is 0 Å². The predicted molar refractivity (Wildman–Crippen MR) is 78.5 cm³/mol. The van der Waals surface area contributed by atoms with E-state index < -0.39 is 0 Å². The molecule has 0 amide bonds. The maximum atomic E-state index is 6.01. The van der Waals surface area contributed by atoms with Gasteiger partial charge in [-0.2, -0.15) is 0 Å². The van der Waals surface area contributed by atoms with Gasteiger partial charge in [-0.25, -0.2) is 4.98 Å². The predicted octanol–water partition coefficient (Wildman–Crippen LogP) is 2.62. The molecule has 2 aliphatic rings. The third kappa shape index (κ3) is 2.78. The van der Waals surface area contributed by atoms with E-state index in [0.717, 1.165) is 31.6 Å². The van der Waals surface area contributed by atoms with Gasteiger partial charge >= 0.3 is 0 Å². The molecule has 19 heavy (non-hydrogen) atoms. The van der Waals surface area contributed by atoms with E-state index in [-0.39, 0.29) is 0 Å². The normalized spacial score (nSPS) is 22.9. The number of hydrogen-bond donors (Lipinski definition) is 1. The lowest BCUT2D eigenvalue weighted by Gasteiger charge is -2.33. The lowest BCUT2D eigenvalue weighted by atomic mass is 9.95. The lowest BCUT2D eigenvalue weighted by Crippen LogP contribution is -2.41. The van der Waals surface area contributed by atoms with Crippen LogP contribution in [0.25, 0.3) is 0 Å². The Morgan fingerprint density at radius 2 is 1.79 bits per heavy atom. The third-order valence-corrected chi connectivity index (χ3v) is 4.62. The Balaban J connectivity index is 1.80. The van der Waals surface area contributed by atoms with Gasteiger partial charge in [0.05, 0.1) is 5.69 Å². The average molecular weight is 262 g/mol. The van der Waals surface area contributed by atoms with Crippen LogP contribution in [-0.2, 0) is 0 Å². The highest BCUT2D eigenvalue weighted by Crippen LogP contribution is 2.32. The summed E-state index contributed by atoms with van der Waals surface area (Å²) in [7, 11) is 0. The standard InChI is InChI=1S/C15H26N4/c1-12-11-19(14-5-3-2-4-6-14)15(17-12)18-9-7-13(16)8-10-18/h11,13-14H,2-10,16H2,1H3. The van der Waals surface area contributed by atoms with Gasteiger partial charge in [-0.15, -0.1) is 0 Å². The van der Waals surface area contributed by atoms with Crippen LogP contribution in [0.2, 0.25) is 0 Å². The maximum absolute atomic E-state index is 6.01. The topological polar surface area (TPSA) is 47.1 Å². The molecule has 0 aromatic carbocycles. The molecule has 0 radical (unpaired) electrons. The molecule has 1 aliphatic carbocycles. The van der Waals surface area contributed by atoms with Crippen LogP contribution in [0.5, 0.6) is 0 Å². The van der Waals surface area contributed by atoms with Crippen LogP contribution in [0.1, 0.15) is 56.7 Å². The van der Waals surface area contributed by atoms with Crippen molar-refractivity contribution in [3.05, 3.63) is 11.9 Å². The van der Waals surface area contributed by atoms with Gasteiger partial charge in [0, 0.05) is 31.4 Å². The zero-order valence-electron chi connectivity index (χ0n) is 12.0. The number of aryl methyl sites for hydroxylation is 1. The molecule has 2 fully saturated rings. The second-order valence-electron chi connectivity index (χ2n) is 6.21. The van der Waals surface area contributed by atoms with Crippen molar-refractivity contribution in [2.24, 2.45) is 5.73 Å². The minimum absolute atomic E-state index is 0.385. The number of imidazole rings is 1. The quantitative estimate of drug-likeness (QED) is 0.891. The van der Waals surface area contributed by atoms with Crippen LogP contribution in [0.15, 0.2) is 6.20 Å². The van der Waals surface area contributed by atoms with Crippen molar-refractivity contribution in [3.8, 4) is 0 Å². The fourth-order valence-corrected chi connectivity index (χ4v) is 3.46. The summed E-state index contributed by atoms with van der Waals surface area (Å²) < 4.78 is 2.45. The Bertz CT molecular complexity index is 412. The summed E-state index contributed by atoms with van der Waals surface area (Å²) in [5.41, 5.74) is 7.16. The summed E-state index contributed by atoms with van der Waals surface area (Å²) >= 11 is 0. The lowest BCUT2D eigenvalue weighted by molar-refractivity contribution is 0.350. The molecule has 2 heterocycles. The Morgan fingerprint density at radius 1 is 1.11 bits per heavy atom. The first kappa shape index (κ1) is 13.0.